The van der Waals surface area contributed by atoms with Gasteiger partial charge in [-0.15, -0.1) is 9.24 Å². The largest absolute Gasteiger partial charge is 0.361 e. The fourth-order valence-corrected chi connectivity index (χ4v) is 3.67. The van der Waals surface area contributed by atoms with Crippen molar-refractivity contribution in [2.45, 2.75) is 51.7 Å². The van der Waals surface area contributed by atoms with Crippen molar-refractivity contribution in [2.24, 2.45) is 0 Å². The third-order valence-corrected chi connectivity index (χ3v) is 5.06. The minimum absolute atomic E-state index is 0.253. The molecule has 116 valence electrons. The zero-order valence-corrected chi connectivity index (χ0v) is 14.7. The molecule has 2 atom stereocenters. The molecule has 0 amide bonds. The Labute approximate surface area is 136 Å². The van der Waals surface area contributed by atoms with E-state index in [4.69, 9.17) is 4.74 Å². The molecule has 0 N–H and O–H groups in total. The maximum atomic E-state index is 6.43. The normalized spacial score (nSPS) is 20.1. The maximum absolute atomic E-state index is 6.43. The van der Waals surface area contributed by atoms with E-state index >= 15 is 0 Å². The highest BCUT2D eigenvalue weighted by molar-refractivity contribution is 7.27. The van der Waals surface area contributed by atoms with E-state index in [-0.39, 0.29) is 5.60 Å². The van der Waals surface area contributed by atoms with Crippen LogP contribution in [0.1, 0.15) is 54.9 Å². The first kappa shape index (κ1) is 15.7. The fraction of sp³-hybridized carbons (Fsp3) is 0.400. The Morgan fingerprint density at radius 3 is 2.59 bits per heavy atom. The summed E-state index contributed by atoms with van der Waals surface area (Å²) in [6.07, 6.45) is 4.76. The van der Waals surface area contributed by atoms with Crippen LogP contribution in [0.15, 0.2) is 42.5 Å². The molecule has 0 saturated carbocycles. The molecule has 0 spiro atoms. The molecule has 0 fully saturated rings. The average Bonchev–Trinajstić information content (AvgIpc) is 2.87. The van der Waals surface area contributed by atoms with Gasteiger partial charge in [-0.3, -0.25) is 0 Å². The zero-order valence-electron chi connectivity index (χ0n) is 13.6. The van der Waals surface area contributed by atoms with Crippen LogP contribution in [0.25, 0.3) is 0 Å². The summed E-state index contributed by atoms with van der Waals surface area (Å²) in [5.74, 6) is 0. The Morgan fingerprint density at radius 1 is 1.09 bits per heavy atom. The van der Waals surface area contributed by atoms with Gasteiger partial charge in [-0.05, 0) is 41.8 Å². The Morgan fingerprint density at radius 2 is 1.86 bits per heavy atom. The van der Waals surface area contributed by atoms with Crippen LogP contribution in [0.2, 0.25) is 0 Å². The summed E-state index contributed by atoms with van der Waals surface area (Å²) in [5.41, 5.74) is 5.07. The first-order valence-corrected chi connectivity index (χ1v) is 8.83. The quantitative estimate of drug-likeness (QED) is 0.566. The molecule has 2 aromatic rings. The van der Waals surface area contributed by atoms with E-state index in [0.29, 0.717) is 0 Å². The lowest BCUT2D eigenvalue weighted by molar-refractivity contribution is -0.0133. The van der Waals surface area contributed by atoms with Gasteiger partial charge in [0.1, 0.15) is 5.60 Å². The van der Waals surface area contributed by atoms with Crippen LogP contribution in [-0.4, -0.2) is 0 Å². The van der Waals surface area contributed by atoms with Crippen LogP contribution < -0.4 is 5.30 Å². The van der Waals surface area contributed by atoms with Crippen LogP contribution in [0.5, 0.6) is 0 Å². The molecule has 2 aromatic carbocycles. The molecular formula is C20H25OP. The van der Waals surface area contributed by atoms with E-state index < -0.39 is 0 Å². The number of rotatable bonds is 5. The smallest absolute Gasteiger partial charge is 0.119 e. The molecule has 1 heterocycles. The van der Waals surface area contributed by atoms with Crippen molar-refractivity contribution in [2.75, 3.05) is 0 Å². The van der Waals surface area contributed by atoms with E-state index in [1.165, 1.54) is 46.8 Å². The highest BCUT2D eigenvalue weighted by Gasteiger charge is 2.41. The number of benzene rings is 2. The van der Waals surface area contributed by atoms with Crippen molar-refractivity contribution in [1.29, 1.82) is 0 Å². The fourth-order valence-electron chi connectivity index (χ4n) is 3.48. The maximum Gasteiger partial charge on any atom is 0.119 e. The molecule has 0 aliphatic carbocycles. The van der Waals surface area contributed by atoms with Gasteiger partial charge in [0.2, 0.25) is 0 Å². The number of hydrogen-bond acceptors (Lipinski definition) is 1. The van der Waals surface area contributed by atoms with Gasteiger partial charge >= 0.3 is 0 Å². The van der Waals surface area contributed by atoms with E-state index in [2.05, 4.69) is 65.6 Å². The second-order valence-electron chi connectivity index (χ2n) is 6.36. The highest BCUT2D eigenvalue weighted by Crippen LogP contribution is 2.45. The average molecular weight is 312 g/mol. The minimum atomic E-state index is -0.253. The van der Waals surface area contributed by atoms with E-state index in [1.54, 1.807) is 0 Å². The van der Waals surface area contributed by atoms with E-state index in [1.807, 2.05) is 0 Å². The Hall–Kier alpha value is -1.17. The highest BCUT2D eigenvalue weighted by atomic mass is 31.0. The number of fused-ring (bicyclic) bond motifs is 1. The van der Waals surface area contributed by atoms with Gasteiger partial charge in [-0.2, -0.15) is 0 Å². The molecule has 0 saturated heterocycles. The minimum Gasteiger partial charge on any atom is -0.361 e. The van der Waals surface area contributed by atoms with Gasteiger partial charge in [0, 0.05) is 0 Å². The predicted molar refractivity (Wildman–Crippen MR) is 96.7 cm³/mol. The van der Waals surface area contributed by atoms with Gasteiger partial charge in [0.15, 0.2) is 0 Å². The molecule has 1 aliphatic rings. The number of ether oxygens (including phenoxy) is 1. The lowest BCUT2D eigenvalue weighted by atomic mass is 9.81. The third kappa shape index (κ3) is 2.85. The molecular weight excluding hydrogens is 287 g/mol. The van der Waals surface area contributed by atoms with Crippen LogP contribution in [0.4, 0.5) is 0 Å². The molecule has 0 radical (unpaired) electrons. The van der Waals surface area contributed by atoms with Crippen molar-refractivity contribution in [3.63, 3.8) is 0 Å². The summed E-state index contributed by atoms with van der Waals surface area (Å²) in [4.78, 5) is 0. The molecule has 0 bridgehead atoms. The second-order valence-corrected chi connectivity index (χ2v) is 7.02. The summed E-state index contributed by atoms with van der Waals surface area (Å²) >= 11 is 0. The second kappa shape index (κ2) is 6.52. The summed E-state index contributed by atoms with van der Waals surface area (Å²) < 4.78 is 6.43. The summed E-state index contributed by atoms with van der Waals surface area (Å²) in [7, 11) is 2.76. The molecule has 22 heavy (non-hydrogen) atoms. The molecule has 1 aliphatic heterocycles. The molecule has 1 nitrogen and oxygen atoms in total. The van der Waals surface area contributed by atoms with Crippen LogP contribution >= 0.6 is 9.24 Å². The van der Waals surface area contributed by atoms with Gasteiger partial charge < -0.3 is 4.74 Å². The lowest BCUT2D eigenvalue weighted by Gasteiger charge is -2.31. The molecule has 0 aromatic heterocycles. The van der Waals surface area contributed by atoms with Crippen LogP contribution in [0.3, 0.4) is 0 Å². The Bertz CT molecular complexity index is 647. The number of aryl methyl sites for hydroxylation is 1. The molecule has 2 unspecified atom stereocenters. The zero-order chi connectivity index (χ0) is 15.6. The lowest BCUT2D eigenvalue weighted by Crippen LogP contribution is -2.27. The van der Waals surface area contributed by atoms with Crippen molar-refractivity contribution in [3.8, 4) is 0 Å². The van der Waals surface area contributed by atoms with E-state index in [0.717, 1.165) is 13.0 Å². The molecule has 2 heteroatoms. The van der Waals surface area contributed by atoms with Crippen molar-refractivity contribution >= 4 is 14.5 Å². The topological polar surface area (TPSA) is 9.23 Å². The van der Waals surface area contributed by atoms with Gasteiger partial charge in [-0.25, -0.2) is 0 Å². The number of unbranched alkanes of at least 4 members (excludes halogenated alkanes) is 2. The predicted octanol–water partition coefficient (Wildman–Crippen LogP) is 4.85. The van der Waals surface area contributed by atoms with Crippen molar-refractivity contribution in [1.82, 2.24) is 0 Å². The first-order valence-electron chi connectivity index (χ1n) is 8.26. The number of hydrogen-bond donors (Lipinski definition) is 0. The monoisotopic (exact) mass is 312 g/mol. The third-order valence-electron chi connectivity index (χ3n) is 4.68. The summed E-state index contributed by atoms with van der Waals surface area (Å²) in [6.45, 7) is 5.13. The van der Waals surface area contributed by atoms with Crippen LogP contribution in [0, 0.1) is 6.92 Å². The SMILES string of the molecule is CCCCCC1(c2ccc(P)cc2)OCc2cc(C)ccc21. The van der Waals surface area contributed by atoms with E-state index in [9.17, 15) is 0 Å². The van der Waals surface area contributed by atoms with Gasteiger partial charge in [0.25, 0.3) is 0 Å². The first-order chi connectivity index (χ1) is 10.7. The summed E-state index contributed by atoms with van der Waals surface area (Å²) in [5, 5.41) is 1.22. The standard InChI is InChI=1S/C20H25OP/c1-3-4-5-12-20(17-7-9-18(22)10-8-17)19-11-6-15(2)13-16(19)14-21-20/h6-11,13H,3-5,12,14,22H2,1-2H3. The van der Waals surface area contributed by atoms with Crippen LogP contribution in [-0.2, 0) is 16.9 Å². The summed E-state index contributed by atoms with van der Waals surface area (Å²) in [6, 6.07) is 15.5. The Balaban J connectivity index is 2.04. The molecule has 3 rings (SSSR count). The van der Waals surface area contributed by atoms with Gasteiger partial charge in [-0.1, -0.05) is 67.8 Å². The van der Waals surface area contributed by atoms with Crippen molar-refractivity contribution in [3.05, 3.63) is 64.7 Å². The van der Waals surface area contributed by atoms with Gasteiger partial charge in [0.05, 0.1) is 6.61 Å². The van der Waals surface area contributed by atoms with Crippen molar-refractivity contribution < 1.29 is 4.74 Å². The Kier molecular flexibility index (Phi) is 4.66.